The third-order valence-electron chi connectivity index (χ3n) is 3.22. The fourth-order valence-electron chi connectivity index (χ4n) is 2.14. The first kappa shape index (κ1) is 15.5. The van der Waals surface area contributed by atoms with Crippen molar-refractivity contribution in [2.75, 3.05) is 19.0 Å². The van der Waals surface area contributed by atoms with Crippen molar-refractivity contribution in [2.24, 2.45) is 0 Å². The molecule has 3 nitrogen and oxygen atoms in total. The van der Waals surface area contributed by atoms with E-state index >= 15 is 0 Å². The highest BCUT2D eigenvalue weighted by atomic mass is 35.5. The van der Waals surface area contributed by atoms with E-state index in [4.69, 9.17) is 21.1 Å². The summed E-state index contributed by atoms with van der Waals surface area (Å²) in [4.78, 5) is 0. The number of ether oxygens (including phenoxy) is 2. The zero-order valence-corrected chi connectivity index (χ0v) is 13.3. The molecule has 4 heteroatoms. The van der Waals surface area contributed by atoms with E-state index in [9.17, 15) is 0 Å². The van der Waals surface area contributed by atoms with Crippen molar-refractivity contribution in [1.29, 1.82) is 0 Å². The summed E-state index contributed by atoms with van der Waals surface area (Å²) in [6.45, 7) is 5.28. The molecule has 0 atom stereocenters. The Hall–Kier alpha value is -1.87. The van der Waals surface area contributed by atoms with E-state index < -0.39 is 0 Å². The minimum Gasteiger partial charge on any atom is -0.493 e. The SMILES string of the molecule is CCOc1ccc(CNc2c(C)cccc2Cl)cc1OC. The quantitative estimate of drug-likeness (QED) is 0.841. The Morgan fingerprint density at radius 3 is 2.62 bits per heavy atom. The molecular formula is C17H20ClNO2. The van der Waals surface area contributed by atoms with Crippen molar-refractivity contribution in [3.8, 4) is 11.5 Å². The molecule has 2 aromatic carbocycles. The summed E-state index contributed by atoms with van der Waals surface area (Å²) in [5, 5.41) is 4.10. The van der Waals surface area contributed by atoms with Gasteiger partial charge in [-0.1, -0.05) is 29.8 Å². The van der Waals surface area contributed by atoms with Gasteiger partial charge in [0.1, 0.15) is 0 Å². The first-order chi connectivity index (χ1) is 10.2. The van der Waals surface area contributed by atoms with Crippen LogP contribution >= 0.6 is 11.6 Å². The van der Waals surface area contributed by atoms with Gasteiger partial charge < -0.3 is 14.8 Å². The van der Waals surface area contributed by atoms with Crippen LogP contribution in [-0.2, 0) is 6.54 Å². The molecule has 0 spiro atoms. The molecule has 0 aliphatic heterocycles. The van der Waals surface area contributed by atoms with Crippen LogP contribution in [0.3, 0.4) is 0 Å². The highest BCUT2D eigenvalue weighted by Gasteiger charge is 2.07. The summed E-state index contributed by atoms with van der Waals surface area (Å²) in [6.07, 6.45) is 0. The molecular weight excluding hydrogens is 286 g/mol. The fourth-order valence-corrected chi connectivity index (χ4v) is 2.43. The van der Waals surface area contributed by atoms with E-state index in [-0.39, 0.29) is 0 Å². The Labute approximate surface area is 130 Å². The maximum atomic E-state index is 6.21. The van der Waals surface area contributed by atoms with E-state index in [0.29, 0.717) is 13.2 Å². The summed E-state index contributed by atoms with van der Waals surface area (Å²) in [6, 6.07) is 11.8. The number of nitrogens with one attached hydrogen (secondary N) is 1. The Kier molecular flexibility index (Phi) is 5.34. The molecule has 0 unspecified atom stereocenters. The standard InChI is InChI=1S/C17H20ClNO2/c1-4-21-15-9-8-13(10-16(15)20-3)11-19-17-12(2)6-5-7-14(17)18/h5-10,19H,4,11H2,1-3H3. The lowest BCUT2D eigenvalue weighted by Gasteiger charge is -2.14. The normalized spacial score (nSPS) is 10.3. The lowest BCUT2D eigenvalue weighted by atomic mass is 10.1. The third-order valence-corrected chi connectivity index (χ3v) is 3.53. The second-order valence-corrected chi connectivity index (χ2v) is 5.11. The van der Waals surface area contributed by atoms with E-state index in [0.717, 1.165) is 33.3 Å². The Morgan fingerprint density at radius 2 is 1.95 bits per heavy atom. The van der Waals surface area contributed by atoms with Gasteiger partial charge in [-0.2, -0.15) is 0 Å². The Balaban J connectivity index is 2.13. The molecule has 0 aliphatic carbocycles. The average Bonchev–Trinajstić information content (AvgIpc) is 2.48. The van der Waals surface area contributed by atoms with Crippen LogP contribution in [0.4, 0.5) is 5.69 Å². The van der Waals surface area contributed by atoms with Gasteiger partial charge in [0.15, 0.2) is 11.5 Å². The molecule has 0 saturated heterocycles. The maximum absolute atomic E-state index is 6.21. The molecule has 0 bridgehead atoms. The van der Waals surface area contributed by atoms with Gasteiger partial charge in [0.05, 0.1) is 24.4 Å². The fraction of sp³-hybridized carbons (Fsp3) is 0.294. The minimum atomic E-state index is 0.618. The lowest BCUT2D eigenvalue weighted by Crippen LogP contribution is -2.03. The molecule has 1 N–H and O–H groups in total. The van der Waals surface area contributed by atoms with Gasteiger partial charge in [0, 0.05) is 6.54 Å². The van der Waals surface area contributed by atoms with Crippen LogP contribution in [0.15, 0.2) is 36.4 Å². The molecule has 0 saturated carbocycles. The smallest absolute Gasteiger partial charge is 0.161 e. The molecule has 0 amide bonds. The predicted octanol–water partition coefficient (Wildman–Crippen LogP) is 4.67. The summed E-state index contributed by atoms with van der Waals surface area (Å²) in [5.41, 5.74) is 3.20. The molecule has 2 rings (SSSR count). The van der Waals surface area contributed by atoms with Crippen molar-refractivity contribution in [1.82, 2.24) is 0 Å². The van der Waals surface area contributed by atoms with Crippen LogP contribution in [0.1, 0.15) is 18.1 Å². The van der Waals surface area contributed by atoms with Gasteiger partial charge in [-0.05, 0) is 43.2 Å². The molecule has 0 heterocycles. The maximum Gasteiger partial charge on any atom is 0.161 e. The highest BCUT2D eigenvalue weighted by molar-refractivity contribution is 6.33. The zero-order chi connectivity index (χ0) is 15.2. The number of aryl methyl sites for hydroxylation is 1. The van der Waals surface area contributed by atoms with E-state index in [2.05, 4.69) is 5.32 Å². The average molecular weight is 306 g/mol. The summed E-state index contributed by atoms with van der Waals surface area (Å²) >= 11 is 6.21. The van der Waals surface area contributed by atoms with Crippen LogP contribution in [0.5, 0.6) is 11.5 Å². The molecule has 0 aromatic heterocycles. The number of halogens is 1. The highest BCUT2D eigenvalue weighted by Crippen LogP contribution is 2.29. The van der Waals surface area contributed by atoms with Gasteiger partial charge in [-0.15, -0.1) is 0 Å². The van der Waals surface area contributed by atoms with Crippen LogP contribution in [0.25, 0.3) is 0 Å². The van der Waals surface area contributed by atoms with E-state index in [1.807, 2.05) is 50.2 Å². The van der Waals surface area contributed by atoms with Gasteiger partial charge in [-0.3, -0.25) is 0 Å². The summed E-state index contributed by atoms with van der Waals surface area (Å²) < 4.78 is 10.9. The summed E-state index contributed by atoms with van der Waals surface area (Å²) in [5.74, 6) is 1.50. The second kappa shape index (κ2) is 7.23. The first-order valence-electron chi connectivity index (χ1n) is 6.94. The minimum absolute atomic E-state index is 0.618. The van der Waals surface area contributed by atoms with Crippen LogP contribution in [0, 0.1) is 6.92 Å². The van der Waals surface area contributed by atoms with Crippen molar-refractivity contribution < 1.29 is 9.47 Å². The van der Waals surface area contributed by atoms with Crippen molar-refractivity contribution >= 4 is 17.3 Å². The van der Waals surface area contributed by atoms with Crippen LogP contribution in [-0.4, -0.2) is 13.7 Å². The Morgan fingerprint density at radius 1 is 1.14 bits per heavy atom. The first-order valence-corrected chi connectivity index (χ1v) is 7.32. The number of hydrogen-bond acceptors (Lipinski definition) is 3. The topological polar surface area (TPSA) is 30.5 Å². The number of anilines is 1. The molecule has 0 radical (unpaired) electrons. The van der Waals surface area contributed by atoms with Crippen molar-refractivity contribution in [3.05, 3.63) is 52.5 Å². The predicted molar refractivity (Wildman–Crippen MR) is 87.7 cm³/mol. The number of para-hydroxylation sites is 1. The third kappa shape index (κ3) is 3.82. The monoisotopic (exact) mass is 305 g/mol. The number of hydrogen-bond donors (Lipinski definition) is 1. The number of rotatable bonds is 6. The largest absolute Gasteiger partial charge is 0.493 e. The van der Waals surface area contributed by atoms with Crippen LogP contribution in [0.2, 0.25) is 5.02 Å². The van der Waals surface area contributed by atoms with Crippen LogP contribution < -0.4 is 14.8 Å². The molecule has 112 valence electrons. The number of methoxy groups -OCH3 is 1. The lowest BCUT2D eigenvalue weighted by molar-refractivity contribution is 0.310. The van der Waals surface area contributed by atoms with Crippen molar-refractivity contribution in [2.45, 2.75) is 20.4 Å². The van der Waals surface area contributed by atoms with Gasteiger partial charge >= 0.3 is 0 Å². The van der Waals surface area contributed by atoms with Gasteiger partial charge in [-0.25, -0.2) is 0 Å². The zero-order valence-electron chi connectivity index (χ0n) is 12.6. The second-order valence-electron chi connectivity index (χ2n) is 4.70. The van der Waals surface area contributed by atoms with Crippen molar-refractivity contribution in [3.63, 3.8) is 0 Å². The molecule has 21 heavy (non-hydrogen) atoms. The van der Waals surface area contributed by atoms with E-state index in [1.165, 1.54) is 0 Å². The number of benzene rings is 2. The summed E-state index contributed by atoms with van der Waals surface area (Å²) in [7, 11) is 1.65. The molecule has 0 aliphatic rings. The Bertz CT molecular complexity index is 593. The molecule has 2 aromatic rings. The van der Waals surface area contributed by atoms with Gasteiger partial charge in [0.2, 0.25) is 0 Å². The molecule has 0 fully saturated rings. The van der Waals surface area contributed by atoms with Gasteiger partial charge in [0.25, 0.3) is 0 Å². The van der Waals surface area contributed by atoms with E-state index in [1.54, 1.807) is 7.11 Å².